The van der Waals surface area contributed by atoms with Crippen molar-refractivity contribution in [3.8, 4) is 17.2 Å². The van der Waals surface area contributed by atoms with E-state index in [4.69, 9.17) is 14.2 Å². The molecule has 1 aliphatic rings. The molecule has 0 saturated heterocycles. The smallest absolute Gasteiger partial charge is 0.493 e. The van der Waals surface area contributed by atoms with Crippen LogP contribution in [0.3, 0.4) is 0 Å². The van der Waals surface area contributed by atoms with Gasteiger partial charge in [-0.2, -0.15) is 0 Å². The Kier molecular flexibility index (Phi) is 2.17. The molecule has 3 nitrogen and oxygen atoms in total. The summed E-state index contributed by atoms with van der Waals surface area (Å²) in [6.45, 7) is -5.14. The molecule has 1 heterocycles. The van der Waals surface area contributed by atoms with E-state index >= 15 is 0 Å². The highest BCUT2D eigenvalue weighted by Crippen LogP contribution is 2.40. The molecular weight excluding hydrogens is 212 g/mol. The summed E-state index contributed by atoms with van der Waals surface area (Å²) in [5.41, 5.74) is -0.754. The molecule has 0 amide bonds. The van der Waals surface area contributed by atoms with Gasteiger partial charge in [-0.15, -0.1) is 5.46 Å². The second-order valence-corrected chi connectivity index (χ2v) is 3.03. The molecule has 7 heteroatoms. The van der Waals surface area contributed by atoms with Gasteiger partial charge in [0, 0.05) is 0 Å². The van der Waals surface area contributed by atoms with Crippen LogP contribution >= 0.6 is 0 Å². The predicted octanol–water partition coefficient (Wildman–Crippen LogP) is 1.48. The van der Waals surface area contributed by atoms with Gasteiger partial charge in [-0.1, -0.05) is 0 Å². The number of hydrogen-bond donors (Lipinski definition) is 0. The minimum absolute atomic E-state index is 0.0409. The second kappa shape index (κ2) is 3.25. The Bertz CT molecular complexity index is 391. The topological polar surface area (TPSA) is 27.7 Å². The lowest BCUT2D eigenvalue weighted by atomic mass is 9.80. The van der Waals surface area contributed by atoms with Crippen LogP contribution in [0.2, 0.25) is 0 Å². The first-order valence-electron chi connectivity index (χ1n) is 4.20. The lowest BCUT2D eigenvalue weighted by molar-refractivity contribution is 0.171. The molecule has 0 aliphatic carbocycles. The first kappa shape index (κ1) is 10.0. The van der Waals surface area contributed by atoms with Crippen LogP contribution in [0, 0.1) is 0 Å². The van der Waals surface area contributed by atoms with E-state index in [1.165, 1.54) is 7.11 Å². The van der Waals surface area contributed by atoms with E-state index in [-0.39, 0.29) is 24.0 Å². The quantitative estimate of drug-likeness (QED) is 0.705. The van der Waals surface area contributed by atoms with E-state index in [0.717, 1.165) is 12.1 Å². The summed E-state index contributed by atoms with van der Waals surface area (Å²) < 4.78 is 52.1. The zero-order valence-electron chi connectivity index (χ0n) is 7.80. The van der Waals surface area contributed by atoms with Gasteiger partial charge in [-0.05, 0) is 12.1 Å². The minimum atomic E-state index is -5.06. The van der Waals surface area contributed by atoms with Gasteiger partial charge in [0.25, 0.3) is 0 Å². The molecule has 0 saturated carbocycles. The van der Waals surface area contributed by atoms with Crippen molar-refractivity contribution in [2.45, 2.75) is 0 Å². The van der Waals surface area contributed by atoms with Crippen molar-refractivity contribution in [3.63, 3.8) is 0 Å². The molecule has 2 rings (SSSR count). The monoisotopic (exact) mass is 219 g/mol. The van der Waals surface area contributed by atoms with Crippen molar-refractivity contribution in [1.82, 2.24) is 0 Å². The Morgan fingerprint density at radius 3 is 2.60 bits per heavy atom. The Morgan fingerprint density at radius 2 is 2.00 bits per heavy atom. The highest BCUT2D eigenvalue weighted by Gasteiger charge is 2.30. The van der Waals surface area contributed by atoms with Crippen molar-refractivity contribution >= 4 is 12.4 Å². The van der Waals surface area contributed by atoms with E-state index in [1.54, 1.807) is 0 Å². The summed E-state index contributed by atoms with van der Waals surface area (Å²) in [4.78, 5) is 0. The number of benzene rings is 1. The van der Waals surface area contributed by atoms with Crippen molar-refractivity contribution in [1.29, 1.82) is 0 Å². The summed E-state index contributed by atoms with van der Waals surface area (Å²) in [5, 5.41) is 0. The van der Waals surface area contributed by atoms with Crippen LogP contribution in [0.1, 0.15) is 0 Å². The van der Waals surface area contributed by atoms with Gasteiger partial charge in [-0.3, -0.25) is 0 Å². The average Bonchev–Trinajstić information content (AvgIpc) is 2.62. The largest absolute Gasteiger partial charge is 0.509 e. The molecule has 0 unspecified atom stereocenters. The number of halogens is 3. The van der Waals surface area contributed by atoms with Crippen LogP contribution in [0.5, 0.6) is 17.2 Å². The van der Waals surface area contributed by atoms with Gasteiger partial charge in [0.1, 0.15) is 0 Å². The van der Waals surface area contributed by atoms with Gasteiger partial charge in [0.15, 0.2) is 11.5 Å². The molecule has 82 valence electrons. The molecular formula is C8H7BF3O3-. The van der Waals surface area contributed by atoms with Crippen LogP contribution in [-0.2, 0) is 0 Å². The first-order chi connectivity index (χ1) is 7.02. The maximum absolute atomic E-state index is 12.5. The van der Waals surface area contributed by atoms with E-state index < -0.39 is 12.4 Å². The number of rotatable bonds is 2. The number of hydrogen-bond acceptors (Lipinski definition) is 3. The van der Waals surface area contributed by atoms with E-state index in [2.05, 4.69) is 0 Å². The number of methoxy groups -OCH3 is 1. The molecule has 1 aliphatic heterocycles. The molecule has 0 spiro atoms. The van der Waals surface area contributed by atoms with Gasteiger partial charge in [0.05, 0.1) is 7.11 Å². The average molecular weight is 219 g/mol. The first-order valence-corrected chi connectivity index (χ1v) is 4.20. The maximum atomic E-state index is 12.5. The van der Waals surface area contributed by atoms with Gasteiger partial charge in [0.2, 0.25) is 12.5 Å². The van der Waals surface area contributed by atoms with Crippen molar-refractivity contribution < 1.29 is 27.2 Å². The van der Waals surface area contributed by atoms with Crippen LogP contribution in [0.25, 0.3) is 0 Å². The van der Waals surface area contributed by atoms with Gasteiger partial charge >= 0.3 is 6.98 Å². The standard InChI is InChI=1S/C8H7BF3O3/c1-13-6-2-5(9(10,11)12)3-7-8(6)15-4-14-7/h2-3H,4H2,1H3/q-1. The summed E-state index contributed by atoms with van der Waals surface area (Å²) in [6, 6.07) is 1.83. The minimum Gasteiger partial charge on any atom is -0.493 e. The molecule has 15 heavy (non-hydrogen) atoms. The van der Waals surface area contributed by atoms with Crippen LogP contribution in [-0.4, -0.2) is 20.9 Å². The highest BCUT2D eigenvalue weighted by atomic mass is 19.4. The molecule has 0 aromatic heterocycles. The van der Waals surface area contributed by atoms with Gasteiger partial charge in [-0.25, -0.2) is 0 Å². The molecule has 1 aromatic carbocycles. The van der Waals surface area contributed by atoms with Crippen LogP contribution < -0.4 is 19.7 Å². The Labute approximate surface area is 83.8 Å². The third-order valence-electron chi connectivity index (χ3n) is 2.06. The van der Waals surface area contributed by atoms with Crippen molar-refractivity contribution in [2.24, 2.45) is 0 Å². The molecule has 0 fully saturated rings. The van der Waals surface area contributed by atoms with E-state index in [0.29, 0.717) is 0 Å². The third-order valence-corrected chi connectivity index (χ3v) is 2.06. The zero-order valence-corrected chi connectivity index (χ0v) is 7.80. The summed E-state index contributed by atoms with van der Waals surface area (Å²) in [6.07, 6.45) is 0. The molecule has 0 radical (unpaired) electrons. The molecule has 0 atom stereocenters. The summed E-state index contributed by atoms with van der Waals surface area (Å²) in [5.74, 6) is 0.337. The molecule has 1 aromatic rings. The molecule has 0 bridgehead atoms. The Morgan fingerprint density at radius 1 is 1.27 bits per heavy atom. The van der Waals surface area contributed by atoms with Crippen LogP contribution in [0.4, 0.5) is 12.9 Å². The molecule has 0 N–H and O–H groups in total. The fraction of sp³-hybridized carbons (Fsp3) is 0.250. The summed E-state index contributed by atoms with van der Waals surface area (Å²) >= 11 is 0. The summed E-state index contributed by atoms with van der Waals surface area (Å²) in [7, 11) is 1.28. The fourth-order valence-corrected chi connectivity index (χ4v) is 1.34. The fourth-order valence-electron chi connectivity index (χ4n) is 1.34. The predicted molar refractivity (Wildman–Crippen MR) is 47.8 cm³/mol. The maximum Gasteiger partial charge on any atom is 0.509 e. The lowest BCUT2D eigenvalue weighted by Gasteiger charge is -2.16. The number of ether oxygens (including phenoxy) is 3. The SMILES string of the molecule is COc1cc([B-](F)(F)F)cc2c1OCO2. The third kappa shape index (κ3) is 1.69. The normalized spacial score (nSPS) is 14.1. The van der Waals surface area contributed by atoms with Crippen molar-refractivity contribution in [3.05, 3.63) is 12.1 Å². The van der Waals surface area contributed by atoms with Crippen molar-refractivity contribution in [2.75, 3.05) is 13.9 Å². The Balaban J connectivity index is 2.53. The lowest BCUT2D eigenvalue weighted by Crippen LogP contribution is -2.33. The zero-order chi connectivity index (χ0) is 11.1. The number of fused-ring (bicyclic) bond motifs is 1. The van der Waals surface area contributed by atoms with E-state index in [1.807, 2.05) is 0 Å². The Hall–Kier alpha value is -1.53. The highest BCUT2D eigenvalue weighted by molar-refractivity contribution is 6.73. The van der Waals surface area contributed by atoms with E-state index in [9.17, 15) is 12.9 Å². The van der Waals surface area contributed by atoms with Gasteiger partial charge < -0.3 is 27.2 Å². The second-order valence-electron chi connectivity index (χ2n) is 3.03. The van der Waals surface area contributed by atoms with Crippen LogP contribution in [0.15, 0.2) is 12.1 Å².